The fourth-order valence-electron chi connectivity index (χ4n) is 14.4. The lowest BCUT2D eigenvalue weighted by Crippen LogP contribution is -2.72. The summed E-state index contributed by atoms with van der Waals surface area (Å²) in [5.41, 5.74) is 21.3. The van der Waals surface area contributed by atoms with E-state index >= 15 is 0 Å². The standard InChI is InChI=1S/C75H53NSi/c1-52-47-59(50-61(48-52)77(60-33-12-5-13-34-60)72-43-22-17-38-66(72)67-39-18-23-44-73(67)77)76(57-32-24-31-56(49-57)75(55-29-10-4-11-30-55)69-41-20-14-35-62(69)63-36-15-21-42-70(63)75)58-45-46-65-64-37-16-19-40-68(64)74(71(65)51-58,53-25-6-2-7-26-53)54-27-8-3-9-28-54/h2-51H,1H3. The summed E-state index contributed by atoms with van der Waals surface area (Å²) in [5.74, 6) is 0. The number of benzene rings is 12. The van der Waals surface area contributed by atoms with Crippen molar-refractivity contribution in [2.24, 2.45) is 0 Å². The summed E-state index contributed by atoms with van der Waals surface area (Å²) in [6.45, 7) is 2.30. The lowest BCUT2D eigenvalue weighted by atomic mass is 9.67. The molecule has 0 unspecified atom stereocenters. The Bertz CT molecular complexity index is 4110. The van der Waals surface area contributed by atoms with Gasteiger partial charge in [-0.3, -0.25) is 0 Å². The zero-order chi connectivity index (χ0) is 51.1. The highest BCUT2D eigenvalue weighted by Gasteiger charge is 2.50. The molecule has 0 saturated carbocycles. The Labute approximate surface area is 452 Å². The van der Waals surface area contributed by atoms with Crippen LogP contribution in [-0.2, 0) is 10.8 Å². The van der Waals surface area contributed by atoms with E-state index in [1.54, 1.807) is 0 Å². The van der Waals surface area contributed by atoms with Crippen LogP contribution in [0, 0.1) is 6.92 Å². The predicted octanol–water partition coefficient (Wildman–Crippen LogP) is 15.5. The van der Waals surface area contributed by atoms with Gasteiger partial charge in [0.15, 0.2) is 8.07 Å². The third-order valence-electron chi connectivity index (χ3n) is 17.3. The molecule has 12 aromatic rings. The van der Waals surface area contributed by atoms with Crippen molar-refractivity contribution >= 4 is 45.9 Å². The van der Waals surface area contributed by atoms with Gasteiger partial charge in [-0.25, -0.2) is 0 Å². The van der Waals surface area contributed by atoms with E-state index in [4.69, 9.17) is 0 Å². The molecule has 2 aliphatic carbocycles. The minimum atomic E-state index is -2.90. The van der Waals surface area contributed by atoms with E-state index in [0.717, 1.165) is 17.1 Å². The van der Waals surface area contributed by atoms with Crippen molar-refractivity contribution in [3.63, 3.8) is 0 Å². The number of hydrogen-bond acceptors (Lipinski definition) is 1. The van der Waals surface area contributed by atoms with Crippen molar-refractivity contribution in [1.82, 2.24) is 0 Å². The number of fused-ring (bicyclic) bond motifs is 9. The molecule has 77 heavy (non-hydrogen) atoms. The van der Waals surface area contributed by atoms with Gasteiger partial charge in [0.05, 0.1) is 10.8 Å². The predicted molar refractivity (Wildman–Crippen MR) is 323 cm³/mol. The second-order valence-corrected chi connectivity index (χ2v) is 24.8. The van der Waals surface area contributed by atoms with Gasteiger partial charge in [-0.05, 0) is 148 Å². The van der Waals surface area contributed by atoms with Crippen LogP contribution in [0.1, 0.15) is 50.1 Å². The van der Waals surface area contributed by atoms with Crippen LogP contribution in [0.5, 0.6) is 0 Å². The van der Waals surface area contributed by atoms with Crippen molar-refractivity contribution in [3.8, 4) is 33.4 Å². The van der Waals surface area contributed by atoms with Gasteiger partial charge in [-0.15, -0.1) is 0 Å². The largest absolute Gasteiger partial charge is 0.310 e. The molecule has 0 atom stereocenters. The molecule has 0 radical (unpaired) electrons. The summed E-state index contributed by atoms with van der Waals surface area (Å²) in [5, 5.41) is 5.63. The number of rotatable bonds is 9. The number of aryl methyl sites for hydroxylation is 1. The average molecular weight is 996 g/mol. The zero-order valence-electron chi connectivity index (χ0n) is 42.8. The van der Waals surface area contributed by atoms with Gasteiger partial charge in [0.2, 0.25) is 0 Å². The molecule has 1 heterocycles. The highest BCUT2D eigenvalue weighted by Crippen LogP contribution is 2.59. The van der Waals surface area contributed by atoms with Gasteiger partial charge in [0.25, 0.3) is 0 Å². The van der Waals surface area contributed by atoms with Crippen molar-refractivity contribution in [1.29, 1.82) is 0 Å². The number of nitrogens with zero attached hydrogens (tertiary/aromatic N) is 1. The van der Waals surface area contributed by atoms with Crippen molar-refractivity contribution in [2.45, 2.75) is 17.8 Å². The first-order chi connectivity index (χ1) is 38.1. The summed E-state index contributed by atoms with van der Waals surface area (Å²) < 4.78 is 0. The summed E-state index contributed by atoms with van der Waals surface area (Å²) in [7, 11) is -2.90. The minimum absolute atomic E-state index is 0.577. The smallest absolute Gasteiger partial charge is 0.180 e. The SMILES string of the molecule is Cc1cc(N(c2cccc(C3(c4ccccc4)c4ccccc4-c4ccccc43)c2)c2ccc3c(c2)C(c2ccccc2)(c2ccccc2)c2ccccc2-3)cc([Si]2(c3ccccc3)c3ccccc3-c3ccccc32)c1. The highest BCUT2D eigenvalue weighted by molar-refractivity contribution is 7.22. The minimum Gasteiger partial charge on any atom is -0.310 e. The van der Waals surface area contributed by atoms with Gasteiger partial charge in [-0.1, -0.05) is 267 Å². The van der Waals surface area contributed by atoms with Gasteiger partial charge < -0.3 is 4.90 Å². The quantitative estimate of drug-likeness (QED) is 0.130. The van der Waals surface area contributed by atoms with Crippen LogP contribution in [0.25, 0.3) is 33.4 Å². The lowest BCUT2D eigenvalue weighted by molar-refractivity contribution is 0.767. The molecule has 0 spiro atoms. The molecule has 1 nitrogen and oxygen atoms in total. The van der Waals surface area contributed by atoms with E-state index in [1.807, 2.05) is 0 Å². The molecule has 0 bridgehead atoms. The Balaban J connectivity index is 1.03. The van der Waals surface area contributed by atoms with Crippen LogP contribution < -0.4 is 25.6 Å². The average Bonchev–Trinajstić information content (AvgIpc) is 4.28. The van der Waals surface area contributed by atoms with Crippen molar-refractivity contribution in [3.05, 3.63) is 353 Å². The zero-order valence-corrected chi connectivity index (χ0v) is 43.8. The molecule has 3 aliphatic rings. The third kappa shape index (κ3) is 6.40. The maximum atomic E-state index is 2.58. The first kappa shape index (κ1) is 45.1. The Morgan fingerprint density at radius 3 is 1.18 bits per heavy atom. The number of hydrogen-bond donors (Lipinski definition) is 0. The second-order valence-electron chi connectivity index (χ2n) is 21.1. The van der Waals surface area contributed by atoms with E-state index in [0.29, 0.717) is 0 Å². The third-order valence-corrected chi connectivity index (χ3v) is 22.2. The van der Waals surface area contributed by atoms with Gasteiger partial charge in [0.1, 0.15) is 0 Å². The van der Waals surface area contributed by atoms with E-state index in [2.05, 4.69) is 315 Å². The van der Waals surface area contributed by atoms with Crippen molar-refractivity contribution in [2.75, 3.05) is 4.90 Å². The maximum Gasteiger partial charge on any atom is 0.180 e. The van der Waals surface area contributed by atoms with Gasteiger partial charge in [-0.2, -0.15) is 0 Å². The number of anilines is 3. The molecule has 15 rings (SSSR count). The van der Waals surface area contributed by atoms with Crippen LogP contribution in [0.2, 0.25) is 0 Å². The molecular formula is C75H53NSi. The Kier molecular flexibility index (Phi) is 10.3. The van der Waals surface area contributed by atoms with Gasteiger partial charge >= 0.3 is 0 Å². The molecule has 2 heteroatoms. The molecule has 1 aliphatic heterocycles. The molecule has 0 fully saturated rings. The van der Waals surface area contributed by atoms with E-state index < -0.39 is 18.9 Å². The van der Waals surface area contributed by atoms with Crippen LogP contribution >= 0.6 is 0 Å². The van der Waals surface area contributed by atoms with Crippen LogP contribution in [0.3, 0.4) is 0 Å². The Hall–Kier alpha value is -9.34. The first-order valence-corrected chi connectivity index (χ1v) is 29.0. The van der Waals surface area contributed by atoms with Crippen LogP contribution in [0.15, 0.2) is 303 Å². The van der Waals surface area contributed by atoms with E-state index in [1.165, 1.54) is 104 Å². The summed E-state index contributed by atoms with van der Waals surface area (Å²) >= 11 is 0. The lowest BCUT2D eigenvalue weighted by Gasteiger charge is -2.37. The normalized spacial score (nSPS) is 14.4. The monoisotopic (exact) mass is 995 g/mol. The van der Waals surface area contributed by atoms with E-state index in [-0.39, 0.29) is 0 Å². The molecule has 0 amide bonds. The van der Waals surface area contributed by atoms with Crippen LogP contribution in [-0.4, -0.2) is 8.07 Å². The highest BCUT2D eigenvalue weighted by atomic mass is 28.3. The van der Waals surface area contributed by atoms with Gasteiger partial charge in [0, 0.05) is 17.1 Å². The van der Waals surface area contributed by atoms with E-state index in [9.17, 15) is 0 Å². The molecule has 0 aromatic heterocycles. The van der Waals surface area contributed by atoms with Crippen LogP contribution in [0.4, 0.5) is 17.1 Å². The fourth-order valence-corrected chi connectivity index (χ4v) is 19.7. The topological polar surface area (TPSA) is 3.24 Å². The molecule has 362 valence electrons. The Morgan fingerprint density at radius 2 is 0.662 bits per heavy atom. The second kappa shape index (κ2) is 17.6. The fraction of sp³-hybridized carbons (Fsp3) is 0.0400. The molecule has 12 aromatic carbocycles. The molecule has 0 saturated heterocycles. The van der Waals surface area contributed by atoms with Crippen molar-refractivity contribution < 1.29 is 0 Å². The maximum absolute atomic E-state index is 2.90. The summed E-state index contributed by atoms with van der Waals surface area (Å²) in [4.78, 5) is 2.58. The molecule has 0 N–H and O–H groups in total. The Morgan fingerprint density at radius 1 is 0.260 bits per heavy atom. The summed E-state index contributed by atoms with van der Waals surface area (Å²) in [6.07, 6.45) is 0. The first-order valence-electron chi connectivity index (χ1n) is 27.0. The summed E-state index contributed by atoms with van der Waals surface area (Å²) in [6, 6.07) is 115. The molecular weight excluding hydrogens is 943 g/mol.